The fourth-order valence-electron chi connectivity index (χ4n) is 3.61. The van der Waals surface area contributed by atoms with Gasteiger partial charge in [-0.1, -0.05) is 54.6 Å². The molecular formula is C22H24N2O3. The second-order valence-electron chi connectivity index (χ2n) is 6.45. The van der Waals surface area contributed by atoms with E-state index in [0.29, 0.717) is 25.3 Å². The molecule has 0 radical (unpaired) electrons. The first-order valence-corrected chi connectivity index (χ1v) is 9.01. The molecule has 0 spiro atoms. The molecule has 1 heterocycles. The molecule has 1 aliphatic heterocycles. The quantitative estimate of drug-likeness (QED) is 0.769. The van der Waals surface area contributed by atoms with Gasteiger partial charge in [-0.05, 0) is 17.2 Å². The molecule has 0 aromatic heterocycles. The average Bonchev–Trinajstić information content (AvgIpc) is 2.71. The third kappa shape index (κ3) is 3.78. The second-order valence-corrected chi connectivity index (χ2v) is 6.45. The predicted molar refractivity (Wildman–Crippen MR) is 104 cm³/mol. The number of hydrogen-bond acceptors (Lipinski definition) is 3. The number of carbonyl (C=O) groups is 2. The normalized spacial score (nSPS) is 18.7. The van der Waals surface area contributed by atoms with Crippen molar-refractivity contribution >= 4 is 11.8 Å². The standard InChI is InChI=1S/C22H24N2O3/c1-3-13-23-21(25)19-17-11-7-8-12-18(17)22(26)24(14-15-27-2)20(19)16-9-5-4-6-10-16/h3-12,19-20H,1,13-15H2,2H3,(H,23,25)/t19-,20+/m1/s1. The molecule has 0 fully saturated rings. The van der Waals surface area contributed by atoms with Crippen molar-refractivity contribution in [1.82, 2.24) is 10.2 Å². The fourth-order valence-corrected chi connectivity index (χ4v) is 3.61. The van der Waals surface area contributed by atoms with E-state index in [0.717, 1.165) is 11.1 Å². The second kappa shape index (κ2) is 8.64. The zero-order chi connectivity index (χ0) is 19.2. The summed E-state index contributed by atoms with van der Waals surface area (Å²) in [6.07, 6.45) is 1.65. The Morgan fingerprint density at radius 1 is 1.19 bits per heavy atom. The lowest BCUT2D eigenvalue weighted by atomic mass is 9.79. The van der Waals surface area contributed by atoms with Crippen LogP contribution in [0.25, 0.3) is 0 Å². The van der Waals surface area contributed by atoms with Gasteiger partial charge in [-0.15, -0.1) is 6.58 Å². The molecule has 27 heavy (non-hydrogen) atoms. The van der Waals surface area contributed by atoms with Crippen LogP contribution in [0.1, 0.15) is 33.4 Å². The van der Waals surface area contributed by atoms with Crippen molar-refractivity contribution in [2.24, 2.45) is 0 Å². The van der Waals surface area contributed by atoms with Gasteiger partial charge in [0.2, 0.25) is 5.91 Å². The van der Waals surface area contributed by atoms with Crippen molar-refractivity contribution in [2.75, 3.05) is 26.8 Å². The van der Waals surface area contributed by atoms with Gasteiger partial charge in [0.25, 0.3) is 5.91 Å². The van der Waals surface area contributed by atoms with Crippen molar-refractivity contribution in [3.63, 3.8) is 0 Å². The molecule has 1 N–H and O–H groups in total. The van der Waals surface area contributed by atoms with Crippen LogP contribution in [0.5, 0.6) is 0 Å². The van der Waals surface area contributed by atoms with E-state index in [1.165, 1.54) is 0 Å². The van der Waals surface area contributed by atoms with Crippen LogP contribution in [0, 0.1) is 0 Å². The number of rotatable bonds is 7. The van der Waals surface area contributed by atoms with Gasteiger partial charge in [0, 0.05) is 25.8 Å². The van der Waals surface area contributed by atoms with Crippen molar-refractivity contribution in [1.29, 1.82) is 0 Å². The van der Waals surface area contributed by atoms with Gasteiger partial charge in [-0.25, -0.2) is 0 Å². The molecule has 140 valence electrons. The van der Waals surface area contributed by atoms with Crippen LogP contribution < -0.4 is 5.32 Å². The highest BCUT2D eigenvalue weighted by Gasteiger charge is 2.43. The highest BCUT2D eigenvalue weighted by Crippen LogP contribution is 2.42. The van der Waals surface area contributed by atoms with E-state index in [2.05, 4.69) is 11.9 Å². The number of carbonyl (C=O) groups excluding carboxylic acids is 2. The Morgan fingerprint density at radius 3 is 2.59 bits per heavy atom. The molecule has 5 heteroatoms. The molecule has 5 nitrogen and oxygen atoms in total. The van der Waals surface area contributed by atoms with Gasteiger partial charge < -0.3 is 15.0 Å². The zero-order valence-corrected chi connectivity index (χ0v) is 15.4. The van der Waals surface area contributed by atoms with Crippen LogP contribution in [-0.4, -0.2) is 43.5 Å². The Kier molecular flexibility index (Phi) is 6.04. The van der Waals surface area contributed by atoms with E-state index in [-0.39, 0.29) is 11.8 Å². The summed E-state index contributed by atoms with van der Waals surface area (Å²) in [5.41, 5.74) is 2.25. The number of amides is 2. The molecular weight excluding hydrogens is 340 g/mol. The van der Waals surface area contributed by atoms with E-state index in [4.69, 9.17) is 4.74 Å². The van der Waals surface area contributed by atoms with Crippen LogP contribution in [0.3, 0.4) is 0 Å². The molecule has 0 bridgehead atoms. The summed E-state index contributed by atoms with van der Waals surface area (Å²) in [6.45, 7) is 4.86. The van der Waals surface area contributed by atoms with Crippen molar-refractivity contribution < 1.29 is 14.3 Å². The highest BCUT2D eigenvalue weighted by molar-refractivity contribution is 6.01. The maximum Gasteiger partial charge on any atom is 0.254 e. The Labute approximate surface area is 159 Å². The van der Waals surface area contributed by atoms with Crippen LogP contribution in [0.2, 0.25) is 0 Å². The molecule has 0 saturated heterocycles. The van der Waals surface area contributed by atoms with E-state index < -0.39 is 12.0 Å². The number of nitrogens with one attached hydrogen (secondary N) is 1. The summed E-state index contributed by atoms with van der Waals surface area (Å²) in [6, 6.07) is 16.6. The summed E-state index contributed by atoms with van der Waals surface area (Å²) >= 11 is 0. The van der Waals surface area contributed by atoms with Gasteiger partial charge >= 0.3 is 0 Å². The topological polar surface area (TPSA) is 58.6 Å². The fraction of sp³-hybridized carbons (Fsp3) is 0.273. The number of fused-ring (bicyclic) bond motifs is 1. The largest absolute Gasteiger partial charge is 0.383 e. The third-order valence-corrected chi connectivity index (χ3v) is 4.82. The molecule has 0 unspecified atom stereocenters. The lowest BCUT2D eigenvalue weighted by molar-refractivity contribution is -0.124. The van der Waals surface area contributed by atoms with Crippen molar-refractivity contribution in [3.8, 4) is 0 Å². The van der Waals surface area contributed by atoms with Crippen LogP contribution in [0.4, 0.5) is 0 Å². The molecule has 1 aliphatic rings. The summed E-state index contributed by atoms with van der Waals surface area (Å²) in [5, 5.41) is 2.91. The number of benzene rings is 2. The number of methoxy groups -OCH3 is 1. The molecule has 2 amide bonds. The van der Waals surface area contributed by atoms with E-state index in [9.17, 15) is 9.59 Å². The first-order valence-electron chi connectivity index (χ1n) is 9.01. The lowest BCUT2D eigenvalue weighted by Crippen LogP contribution is -2.48. The van der Waals surface area contributed by atoms with Gasteiger partial charge in [0.05, 0.1) is 18.6 Å². The van der Waals surface area contributed by atoms with Crippen LogP contribution >= 0.6 is 0 Å². The maximum atomic E-state index is 13.2. The van der Waals surface area contributed by atoms with Gasteiger partial charge in [0.15, 0.2) is 0 Å². The third-order valence-electron chi connectivity index (χ3n) is 4.82. The lowest BCUT2D eigenvalue weighted by Gasteiger charge is -2.41. The monoisotopic (exact) mass is 364 g/mol. The molecule has 3 rings (SSSR count). The molecule has 0 aliphatic carbocycles. The number of hydrogen-bond donors (Lipinski definition) is 1. The van der Waals surface area contributed by atoms with Crippen molar-refractivity contribution in [3.05, 3.63) is 83.9 Å². The Hall–Kier alpha value is -2.92. The van der Waals surface area contributed by atoms with Crippen LogP contribution in [0.15, 0.2) is 67.3 Å². The van der Waals surface area contributed by atoms with E-state index in [1.54, 1.807) is 24.2 Å². The van der Waals surface area contributed by atoms with E-state index >= 15 is 0 Å². The maximum absolute atomic E-state index is 13.2. The minimum atomic E-state index is -0.502. The summed E-state index contributed by atoms with van der Waals surface area (Å²) in [4.78, 5) is 28.1. The zero-order valence-electron chi connectivity index (χ0n) is 15.4. The minimum Gasteiger partial charge on any atom is -0.383 e. The molecule has 2 aromatic rings. The predicted octanol–water partition coefficient (Wildman–Crippen LogP) is 2.92. The molecule has 2 atom stereocenters. The van der Waals surface area contributed by atoms with Gasteiger partial charge in [0.1, 0.15) is 0 Å². The Bertz CT molecular complexity index is 819. The van der Waals surface area contributed by atoms with Gasteiger partial charge in [-0.2, -0.15) is 0 Å². The number of nitrogens with zero attached hydrogens (tertiary/aromatic N) is 1. The number of ether oxygens (including phenoxy) is 1. The smallest absolute Gasteiger partial charge is 0.254 e. The minimum absolute atomic E-state index is 0.0794. The summed E-state index contributed by atoms with van der Waals surface area (Å²) < 4.78 is 5.22. The summed E-state index contributed by atoms with van der Waals surface area (Å²) in [7, 11) is 1.61. The summed E-state index contributed by atoms with van der Waals surface area (Å²) in [5.74, 6) is -0.700. The SMILES string of the molecule is C=CCNC(=O)[C@@H]1c2ccccc2C(=O)N(CCOC)[C@H]1c1ccccc1. The first kappa shape index (κ1) is 18.9. The Morgan fingerprint density at radius 2 is 1.89 bits per heavy atom. The molecule has 0 saturated carbocycles. The highest BCUT2D eigenvalue weighted by atomic mass is 16.5. The average molecular weight is 364 g/mol. The van der Waals surface area contributed by atoms with Crippen molar-refractivity contribution in [2.45, 2.75) is 12.0 Å². The molecule has 2 aromatic carbocycles. The van der Waals surface area contributed by atoms with E-state index in [1.807, 2.05) is 48.5 Å². The first-order chi connectivity index (χ1) is 13.2. The van der Waals surface area contributed by atoms with Gasteiger partial charge in [-0.3, -0.25) is 9.59 Å². The Balaban J connectivity index is 2.13. The van der Waals surface area contributed by atoms with Crippen LogP contribution in [-0.2, 0) is 9.53 Å².